The second kappa shape index (κ2) is 8.39. The van der Waals surface area contributed by atoms with Crippen LogP contribution in [0.2, 0.25) is 0 Å². The van der Waals surface area contributed by atoms with Gasteiger partial charge in [-0.3, -0.25) is 10.1 Å². The lowest BCUT2D eigenvalue weighted by atomic mass is 9.99. The summed E-state index contributed by atoms with van der Waals surface area (Å²) in [6, 6.07) is 11.5. The number of aryl methyl sites for hydroxylation is 2. The minimum Gasteiger partial charge on any atom is -0.486 e. The predicted octanol–water partition coefficient (Wildman–Crippen LogP) is 5.70. The fraction of sp³-hybridized carbons (Fsp3) is 0.333. The van der Waals surface area contributed by atoms with Gasteiger partial charge in [0, 0.05) is 4.88 Å². The predicted molar refractivity (Wildman–Crippen MR) is 108 cm³/mol. The number of hydrogen-bond donors (Lipinski definition) is 1. The van der Waals surface area contributed by atoms with Gasteiger partial charge in [-0.25, -0.2) is 4.98 Å². The Labute approximate surface area is 163 Å². The number of carbonyl (C=O) groups is 1. The van der Waals surface area contributed by atoms with Crippen LogP contribution < -0.4 is 10.1 Å². The minimum absolute atomic E-state index is 0.242. The van der Waals surface area contributed by atoms with Crippen molar-refractivity contribution in [2.45, 2.75) is 46.6 Å². The normalized spacial score (nSPS) is 12.0. The van der Waals surface area contributed by atoms with E-state index in [9.17, 15) is 4.79 Å². The van der Waals surface area contributed by atoms with E-state index in [1.54, 1.807) is 12.1 Å². The molecule has 3 aromatic rings. The van der Waals surface area contributed by atoms with E-state index in [1.807, 2.05) is 26.0 Å². The van der Waals surface area contributed by atoms with Crippen LogP contribution in [-0.2, 0) is 6.61 Å². The third-order valence-corrected chi connectivity index (χ3v) is 5.57. The van der Waals surface area contributed by atoms with Crippen molar-refractivity contribution in [3.63, 3.8) is 0 Å². The molecule has 0 spiro atoms. The standard InChI is InChI=1S/C21H24N2O3S/c1-5-13(2)16-6-8-17(9-7-16)25-12-18-10-11-19(26-18)20(24)23-21-22-14(3)15(4)27-21/h6-11,13H,5,12H2,1-4H3,(H,22,23,24). The highest BCUT2D eigenvalue weighted by Gasteiger charge is 2.14. The maximum Gasteiger partial charge on any atom is 0.293 e. The number of anilines is 1. The summed E-state index contributed by atoms with van der Waals surface area (Å²) in [5.41, 5.74) is 2.22. The van der Waals surface area contributed by atoms with Crippen LogP contribution in [0.3, 0.4) is 0 Å². The van der Waals surface area contributed by atoms with Gasteiger partial charge < -0.3 is 9.15 Å². The number of thiazole rings is 1. The molecule has 3 rings (SSSR count). The Morgan fingerprint density at radius 3 is 2.59 bits per heavy atom. The minimum atomic E-state index is -0.312. The number of ether oxygens (including phenoxy) is 1. The van der Waals surface area contributed by atoms with Crippen molar-refractivity contribution in [1.82, 2.24) is 4.98 Å². The molecule has 142 valence electrons. The highest BCUT2D eigenvalue weighted by molar-refractivity contribution is 7.15. The van der Waals surface area contributed by atoms with Crippen LogP contribution in [0.25, 0.3) is 0 Å². The molecule has 0 saturated heterocycles. The number of carbonyl (C=O) groups excluding carboxylic acids is 1. The van der Waals surface area contributed by atoms with Crippen molar-refractivity contribution in [3.05, 3.63) is 64.1 Å². The number of amides is 1. The Bertz CT molecular complexity index is 892. The van der Waals surface area contributed by atoms with Gasteiger partial charge in [0.2, 0.25) is 0 Å². The summed E-state index contributed by atoms with van der Waals surface area (Å²) in [5.74, 6) is 1.84. The van der Waals surface area contributed by atoms with E-state index in [0.717, 1.165) is 22.7 Å². The molecule has 0 fully saturated rings. The van der Waals surface area contributed by atoms with E-state index in [4.69, 9.17) is 9.15 Å². The highest BCUT2D eigenvalue weighted by Crippen LogP contribution is 2.23. The summed E-state index contributed by atoms with van der Waals surface area (Å²) in [7, 11) is 0. The van der Waals surface area contributed by atoms with Gasteiger partial charge in [0.15, 0.2) is 10.9 Å². The van der Waals surface area contributed by atoms with Crippen molar-refractivity contribution in [1.29, 1.82) is 0 Å². The zero-order valence-electron chi connectivity index (χ0n) is 16.0. The van der Waals surface area contributed by atoms with Gasteiger partial charge in [0.25, 0.3) is 5.91 Å². The van der Waals surface area contributed by atoms with Gasteiger partial charge in [0.05, 0.1) is 5.69 Å². The molecule has 2 heterocycles. The average Bonchev–Trinajstić information content (AvgIpc) is 3.26. The molecule has 27 heavy (non-hydrogen) atoms. The molecule has 6 heteroatoms. The van der Waals surface area contributed by atoms with Gasteiger partial charge in [-0.15, -0.1) is 11.3 Å². The van der Waals surface area contributed by atoms with Crippen LogP contribution >= 0.6 is 11.3 Å². The molecule has 2 aromatic heterocycles. The topological polar surface area (TPSA) is 64.4 Å². The summed E-state index contributed by atoms with van der Waals surface area (Å²) >= 11 is 1.45. The quantitative estimate of drug-likeness (QED) is 0.568. The van der Waals surface area contributed by atoms with E-state index in [1.165, 1.54) is 16.9 Å². The maximum absolute atomic E-state index is 12.3. The molecule has 0 aliphatic rings. The third-order valence-electron chi connectivity index (χ3n) is 4.58. The van der Waals surface area contributed by atoms with Crippen LogP contribution in [0.1, 0.15) is 58.6 Å². The summed E-state index contributed by atoms with van der Waals surface area (Å²) in [5, 5.41) is 3.34. The van der Waals surface area contributed by atoms with Crippen LogP contribution in [-0.4, -0.2) is 10.9 Å². The first-order valence-electron chi connectivity index (χ1n) is 9.03. The number of nitrogens with one attached hydrogen (secondary N) is 1. The maximum atomic E-state index is 12.3. The Balaban J connectivity index is 1.56. The second-order valence-electron chi connectivity index (χ2n) is 6.55. The first-order valence-corrected chi connectivity index (χ1v) is 9.84. The lowest BCUT2D eigenvalue weighted by molar-refractivity contribution is 0.0992. The Kier molecular flexibility index (Phi) is 5.96. The summed E-state index contributed by atoms with van der Waals surface area (Å²) in [6.45, 7) is 8.54. The van der Waals surface area contributed by atoms with Crippen LogP contribution in [0.15, 0.2) is 40.8 Å². The summed E-state index contributed by atoms with van der Waals surface area (Å²) in [4.78, 5) is 17.7. The second-order valence-corrected chi connectivity index (χ2v) is 7.75. The van der Waals surface area contributed by atoms with Crippen molar-refractivity contribution in [2.75, 3.05) is 5.32 Å². The lowest BCUT2D eigenvalue weighted by Crippen LogP contribution is -2.10. The van der Waals surface area contributed by atoms with Crippen molar-refractivity contribution in [3.8, 4) is 5.75 Å². The van der Waals surface area contributed by atoms with Crippen LogP contribution in [0, 0.1) is 13.8 Å². The average molecular weight is 385 g/mol. The smallest absolute Gasteiger partial charge is 0.293 e. The lowest BCUT2D eigenvalue weighted by Gasteiger charge is -2.10. The molecule has 1 aromatic carbocycles. The van der Waals surface area contributed by atoms with Gasteiger partial charge >= 0.3 is 0 Å². The van der Waals surface area contributed by atoms with Crippen molar-refractivity contribution >= 4 is 22.4 Å². The number of furan rings is 1. The van der Waals surface area contributed by atoms with E-state index in [2.05, 4.69) is 36.3 Å². The molecule has 0 bridgehead atoms. The molecule has 1 atom stereocenters. The Morgan fingerprint density at radius 2 is 1.96 bits per heavy atom. The molecule has 0 aliphatic carbocycles. The van der Waals surface area contributed by atoms with E-state index in [-0.39, 0.29) is 18.3 Å². The molecule has 0 aliphatic heterocycles. The Hall–Kier alpha value is -2.60. The zero-order chi connectivity index (χ0) is 19.4. The van der Waals surface area contributed by atoms with E-state index in [0.29, 0.717) is 16.8 Å². The molecule has 5 nitrogen and oxygen atoms in total. The molecule has 1 unspecified atom stereocenters. The molecular formula is C21H24N2O3S. The van der Waals surface area contributed by atoms with Crippen molar-refractivity contribution < 1.29 is 13.9 Å². The first-order chi connectivity index (χ1) is 13.0. The Morgan fingerprint density at radius 1 is 1.22 bits per heavy atom. The van der Waals surface area contributed by atoms with Gasteiger partial charge in [-0.1, -0.05) is 26.0 Å². The SMILES string of the molecule is CCC(C)c1ccc(OCc2ccc(C(=O)Nc3nc(C)c(C)s3)o2)cc1. The number of nitrogens with zero attached hydrogens (tertiary/aromatic N) is 1. The fourth-order valence-electron chi connectivity index (χ4n) is 2.55. The third kappa shape index (κ3) is 4.77. The number of benzene rings is 1. The van der Waals surface area contributed by atoms with Crippen LogP contribution in [0.5, 0.6) is 5.75 Å². The molecule has 0 radical (unpaired) electrons. The summed E-state index contributed by atoms with van der Waals surface area (Å²) in [6.07, 6.45) is 1.11. The monoisotopic (exact) mass is 384 g/mol. The highest BCUT2D eigenvalue weighted by atomic mass is 32.1. The fourth-order valence-corrected chi connectivity index (χ4v) is 3.35. The number of rotatable bonds is 7. The largest absolute Gasteiger partial charge is 0.486 e. The number of aromatic nitrogens is 1. The molecular weight excluding hydrogens is 360 g/mol. The van der Waals surface area contributed by atoms with Gasteiger partial charge in [-0.05, 0) is 56.0 Å². The first kappa shape index (κ1) is 19.2. The van der Waals surface area contributed by atoms with Crippen LogP contribution in [0.4, 0.5) is 5.13 Å². The van der Waals surface area contributed by atoms with E-state index < -0.39 is 0 Å². The molecule has 0 saturated carbocycles. The zero-order valence-corrected chi connectivity index (χ0v) is 16.9. The van der Waals surface area contributed by atoms with E-state index >= 15 is 0 Å². The number of hydrogen-bond acceptors (Lipinski definition) is 5. The van der Waals surface area contributed by atoms with Gasteiger partial charge in [0.1, 0.15) is 18.1 Å². The van der Waals surface area contributed by atoms with Crippen molar-refractivity contribution in [2.24, 2.45) is 0 Å². The van der Waals surface area contributed by atoms with Gasteiger partial charge in [-0.2, -0.15) is 0 Å². The molecule has 1 amide bonds. The summed E-state index contributed by atoms with van der Waals surface area (Å²) < 4.78 is 11.4. The molecule has 1 N–H and O–H groups in total.